The van der Waals surface area contributed by atoms with Crippen molar-refractivity contribution in [2.75, 3.05) is 7.11 Å². The molecule has 0 bridgehead atoms. The van der Waals surface area contributed by atoms with Gasteiger partial charge < -0.3 is 4.74 Å². The molecule has 0 fully saturated rings. The van der Waals surface area contributed by atoms with E-state index in [-0.39, 0.29) is 6.10 Å². The van der Waals surface area contributed by atoms with Gasteiger partial charge in [0.25, 0.3) is 0 Å². The molecule has 15 heavy (non-hydrogen) atoms. The van der Waals surface area contributed by atoms with Crippen LogP contribution in [0.4, 0.5) is 0 Å². The summed E-state index contributed by atoms with van der Waals surface area (Å²) < 4.78 is 5.15. The highest BCUT2D eigenvalue weighted by molar-refractivity contribution is 5.53. The standard InChI is InChI=1S/C11H13N3O/c1-8(15-2)10-12-11(14-13-10)9-6-4-3-5-7-9/h3-8H,1-2H3,(H,12,13,14). The van der Waals surface area contributed by atoms with Gasteiger partial charge in [0.05, 0.1) is 0 Å². The quantitative estimate of drug-likeness (QED) is 0.831. The van der Waals surface area contributed by atoms with Gasteiger partial charge >= 0.3 is 0 Å². The van der Waals surface area contributed by atoms with E-state index in [0.29, 0.717) is 5.82 Å². The maximum atomic E-state index is 5.15. The van der Waals surface area contributed by atoms with E-state index in [1.807, 2.05) is 37.3 Å². The van der Waals surface area contributed by atoms with E-state index in [9.17, 15) is 0 Å². The van der Waals surface area contributed by atoms with E-state index < -0.39 is 0 Å². The SMILES string of the molecule is COC(C)c1nc(-c2ccccc2)n[nH]1. The van der Waals surface area contributed by atoms with Crippen molar-refractivity contribution in [2.24, 2.45) is 0 Å². The minimum atomic E-state index is -0.0602. The first-order chi connectivity index (χ1) is 7.31. The molecule has 1 unspecified atom stereocenters. The van der Waals surface area contributed by atoms with Gasteiger partial charge in [-0.25, -0.2) is 4.98 Å². The highest BCUT2D eigenvalue weighted by atomic mass is 16.5. The van der Waals surface area contributed by atoms with E-state index in [0.717, 1.165) is 11.4 Å². The van der Waals surface area contributed by atoms with Crippen molar-refractivity contribution in [3.05, 3.63) is 36.2 Å². The lowest BCUT2D eigenvalue weighted by Gasteiger charge is -2.02. The summed E-state index contributed by atoms with van der Waals surface area (Å²) in [7, 11) is 1.65. The second-order valence-electron chi connectivity index (χ2n) is 3.29. The van der Waals surface area contributed by atoms with Gasteiger partial charge in [0.15, 0.2) is 11.6 Å². The van der Waals surface area contributed by atoms with Gasteiger partial charge in [-0.3, -0.25) is 5.10 Å². The molecule has 0 aliphatic carbocycles. The number of hydrogen-bond donors (Lipinski definition) is 1. The van der Waals surface area contributed by atoms with E-state index in [1.54, 1.807) is 7.11 Å². The molecule has 4 heteroatoms. The van der Waals surface area contributed by atoms with Crippen LogP contribution in [-0.2, 0) is 4.74 Å². The van der Waals surface area contributed by atoms with Crippen molar-refractivity contribution >= 4 is 0 Å². The minimum Gasteiger partial charge on any atom is -0.374 e. The summed E-state index contributed by atoms with van der Waals surface area (Å²) in [6.45, 7) is 1.93. The predicted octanol–water partition coefficient (Wildman–Crippen LogP) is 2.18. The molecule has 1 N–H and O–H groups in total. The lowest BCUT2D eigenvalue weighted by molar-refractivity contribution is 0.112. The summed E-state index contributed by atoms with van der Waals surface area (Å²) in [6, 6.07) is 9.85. The van der Waals surface area contributed by atoms with Crippen LogP contribution >= 0.6 is 0 Å². The van der Waals surface area contributed by atoms with Crippen LogP contribution in [0.1, 0.15) is 18.9 Å². The highest BCUT2D eigenvalue weighted by Gasteiger charge is 2.10. The molecule has 1 heterocycles. The van der Waals surface area contributed by atoms with Crippen LogP contribution in [0.5, 0.6) is 0 Å². The zero-order chi connectivity index (χ0) is 10.7. The largest absolute Gasteiger partial charge is 0.374 e. The second kappa shape index (κ2) is 4.23. The van der Waals surface area contributed by atoms with Crippen LogP contribution in [-0.4, -0.2) is 22.3 Å². The Balaban J connectivity index is 2.28. The van der Waals surface area contributed by atoms with Crippen molar-refractivity contribution in [2.45, 2.75) is 13.0 Å². The van der Waals surface area contributed by atoms with Gasteiger partial charge in [-0.2, -0.15) is 5.10 Å². The number of H-pyrrole nitrogens is 1. The highest BCUT2D eigenvalue weighted by Crippen LogP contribution is 2.17. The molecule has 1 aromatic heterocycles. The van der Waals surface area contributed by atoms with E-state index in [4.69, 9.17) is 4.74 Å². The van der Waals surface area contributed by atoms with Gasteiger partial charge in [-0.15, -0.1) is 0 Å². The molecular formula is C11H13N3O. The number of nitrogens with zero attached hydrogens (tertiary/aromatic N) is 2. The number of aromatic nitrogens is 3. The fraction of sp³-hybridized carbons (Fsp3) is 0.273. The Kier molecular flexibility index (Phi) is 2.78. The Labute approximate surface area is 88.3 Å². The van der Waals surface area contributed by atoms with Crippen molar-refractivity contribution in [3.8, 4) is 11.4 Å². The summed E-state index contributed by atoms with van der Waals surface area (Å²) in [5, 5.41) is 7.01. The van der Waals surface area contributed by atoms with Crippen LogP contribution in [0.25, 0.3) is 11.4 Å². The Morgan fingerprint density at radius 1 is 1.27 bits per heavy atom. The molecule has 2 rings (SSSR count). The van der Waals surface area contributed by atoms with Crippen LogP contribution < -0.4 is 0 Å². The van der Waals surface area contributed by atoms with Crippen molar-refractivity contribution < 1.29 is 4.74 Å². The molecule has 0 spiro atoms. The molecule has 78 valence electrons. The first-order valence-corrected chi connectivity index (χ1v) is 4.82. The summed E-state index contributed by atoms with van der Waals surface area (Å²) in [4.78, 5) is 4.36. The van der Waals surface area contributed by atoms with Crippen molar-refractivity contribution in [1.29, 1.82) is 0 Å². The van der Waals surface area contributed by atoms with Gasteiger partial charge in [0.2, 0.25) is 0 Å². The number of nitrogens with one attached hydrogen (secondary N) is 1. The molecule has 4 nitrogen and oxygen atoms in total. The van der Waals surface area contributed by atoms with Gasteiger partial charge in [0.1, 0.15) is 6.10 Å². The predicted molar refractivity (Wildman–Crippen MR) is 57.2 cm³/mol. The van der Waals surface area contributed by atoms with E-state index >= 15 is 0 Å². The van der Waals surface area contributed by atoms with Gasteiger partial charge in [0, 0.05) is 12.7 Å². The van der Waals surface area contributed by atoms with Crippen molar-refractivity contribution in [1.82, 2.24) is 15.2 Å². The number of methoxy groups -OCH3 is 1. The number of aromatic amines is 1. The molecule has 0 radical (unpaired) electrons. The number of ether oxygens (including phenoxy) is 1. The third kappa shape index (κ3) is 2.05. The summed E-state index contributed by atoms with van der Waals surface area (Å²) in [5.74, 6) is 1.45. The molecule has 0 aliphatic rings. The maximum Gasteiger partial charge on any atom is 0.181 e. The topological polar surface area (TPSA) is 50.8 Å². The smallest absolute Gasteiger partial charge is 0.181 e. The van der Waals surface area contributed by atoms with Gasteiger partial charge in [-0.05, 0) is 6.92 Å². The molecule has 0 saturated carbocycles. The van der Waals surface area contributed by atoms with E-state index in [2.05, 4.69) is 15.2 Å². The summed E-state index contributed by atoms with van der Waals surface area (Å²) in [5.41, 5.74) is 1.00. The monoisotopic (exact) mass is 203 g/mol. The molecule has 1 atom stereocenters. The molecule has 0 saturated heterocycles. The molecule has 0 aliphatic heterocycles. The maximum absolute atomic E-state index is 5.15. The average Bonchev–Trinajstić information content (AvgIpc) is 2.78. The van der Waals surface area contributed by atoms with Crippen LogP contribution in [0, 0.1) is 0 Å². The van der Waals surface area contributed by atoms with Gasteiger partial charge in [-0.1, -0.05) is 30.3 Å². The Morgan fingerprint density at radius 3 is 2.67 bits per heavy atom. The van der Waals surface area contributed by atoms with Crippen molar-refractivity contribution in [3.63, 3.8) is 0 Å². The Bertz CT molecular complexity index is 424. The summed E-state index contributed by atoms with van der Waals surface area (Å²) in [6.07, 6.45) is -0.0602. The fourth-order valence-electron chi connectivity index (χ4n) is 1.28. The molecule has 1 aromatic carbocycles. The average molecular weight is 203 g/mol. The Morgan fingerprint density at radius 2 is 2.00 bits per heavy atom. The number of hydrogen-bond acceptors (Lipinski definition) is 3. The van der Waals surface area contributed by atoms with Crippen LogP contribution in [0.2, 0.25) is 0 Å². The van der Waals surface area contributed by atoms with Crippen LogP contribution in [0.3, 0.4) is 0 Å². The zero-order valence-electron chi connectivity index (χ0n) is 8.77. The van der Waals surface area contributed by atoms with E-state index in [1.165, 1.54) is 0 Å². The first-order valence-electron chi connectivity index (χ1n) is 4.82. The molecule has 2 aromatic rings. The normalized spacial score (nSPS) is 12.7. The third-order valence-corrected chi connectivity index (χ3v) is 2.27. The molecular weight excluding hydrogens is 190 g/mol. The number of rotatable bonds is 3. The number of benzene rings is 1. The third-order valence-electron chi connectivity index (χ3n) is 2.27. The lowest BCUT2D eigenvalue weighted by Crippen LogP contribution is -1.97. The zero-order valence-corrected chi connectivity index (χ0v) is 8.77. The minimum absolute atomic E-state index is 0.0602. The molecule has 0 amide bonds. The Hall–Kier alpha value is -1.68. The summed E-state index contributed by atoms with van der Waals surface area (Å²) >= 11 is 0. The first kappa shape index (κ1) is 9.86. The van der Waals surface area contributed by atoms with Crippen LogP contribution in [0.15, 0.2) is 30.3 Å². The lowest BCUT2D eigenvalue weighted by atomic mass is 10.2. The second-order valence-corrected chi connectivity index (χ2v) is 3.29. The fourth-order valence-corrected chi connectivity index (χ4v) is 1.28.